The Morgan fingerprint density at radius 3 is 2.57 bits per heavy atom. The van der Waals surface area contributed by atoms with Crippen LogP contribution < -0.4 is 5.73 Å². The summed E-state index contributed by atoms with van der Waals surface area (Å²) in [5.74, 6) is 0. The van der Waals surface area contributed by atoms with E-state index >= 15 is 0 Å². The first-order chi connectivity index (χ1) is 10.1. The molecule has 21 heavy (non-hydrogen) atoms. The first kappa shape index (κ1) is 14.1. The summed E-state index contributed by atoms with van der Waals surface area (Å²) in [6, 6.07) is 14.3. The molecule has 1 heterocycles. The second-order valence-corrected chi connectivity index (χ2v) is 5.87. The lowest BCUT2D eigenvalue weighted by atomic mass is 9.97. The molecule has 0 amide bonds. The van der Waals surface area contributed by atoms with Crippen LogP contribution in [0.15, 0.2) is 48.7 Å². The number of rotatable bonds is 3. The lowest BCUT2D eigenvalue weighted by Gasteiger charge is -2.19. The van der Waals surface area contributed by atoms with Crippen molar-refractivity contribution in [2.45, 2.75) is 25.9 Å². The van der Waals surface area contributed by atoms with Gasteiger partial charge >= 0.3 is 0 Å². The van der Waals surface area contributed by atoms with Crippen LogP contribution in [-0.4, -0.2) is 9.78 Å². The van der Waals surface area contributed by atoms with Gasteiger partial charge in [-0.05, 0) is 30.2 Å². The summed E-state index contributed by atoms with van der Waals surface area (Å²) in [6.45, 7) is 4.14. The van der Waals surface area contributed by atoms with E-state index in [4.69, 9.17) is 17.3 Å². The zero-order valence-electron chi connectivity index (χ0n) is 12.1. The number of halogens is 1. The van der Waals surface area contributed by atoms with Gasteiger partial charge < -0.3 is 5.73 Å². The molecule has 4 heteroatoms. The third kappa shape index (κ3) is 2.43. The van der Waals surface area contributed by atoms with E-state index in [9.17, 15) is 0 Å². The zero-order chi connectivity index (χ0) is 15.0. The molecule has 0 spiro atoms. The van der Waals surface area contributed by atoms with Crippen LogP contribution in [0.2, 0.25) is 5.02 Å². The van der Waals surface area contributed by atoms with E-state index in [2.05, 4.69) is 43.2 Å². The lowest BCUT2D eigenvalue weighted by Crippen LogP contribution is -2.19. The molecule has 0 radical (unpaired) electrons. The largest absolute Gasteiger partial charge is 0.319 e. The molecule has 0 aliphatic rings. The van der Waals surface area contributed by atoms with Crippen molar-refractivity contribution in [1.82, 2.24) is 9.78 Å². The average Bonchev–Trinajstić information content (AvgIpc) is 2.88. The summed E-state index contributed by atoms with van der Waals surface area (Å²) in [5, 5.41) is 7.29. The SMILES string of the molecule is CC(C)n1ncc(Cl)c1C(N)c1cccc2ccccc12. The smallest absolute Gasteiger partial charge is 0.0837 e. The van der Waals surface area contributed by atoms with E-state index in [1.165, 1.54) is 5.39 Å². The van der Waals surface area contributed by atoms with Crippen molar-refractivity contribution in [3.8, 4) is 0 Å². The normalized spacial score (nSPS) is 13.0. The van der Waals surface area contributed by atoms with Crippen LogP contribution in [0.5, 0.6) is 0 Å². The van der Waals surface area contributed by atoms with Gasteiger partial charge in [0.2, 0.25) is 0 Å². The van der Waals surface area contributed by atoms with E-state index in [-0.39, 0.29) is 12.1 Å². The number of nitrogens with two attached hydrogens (primary N) is 1. The highest BCUT2D eigenvalue weighted by Crippen LogP contribution is 2.32. The van der Waals surface area contributed by atoms with Gasteiger partial charge in [-0.15, -0.1) is 0 Å². The monoisotopic (exact) mass is 299 g/mol. The van der Waals surface area contributed by atoms with Crippen LogP contribution in [0.4, 0.5) is 0 Å². The van der Waals surface area contributed by atoms with Crippen LogP contribution >= 0.6 is 11.6 Å². The fourth-order valence-corrected chi connectivity index (χ4v) is 2.97. The molecule has 2 aromatic carbocycles. The Morgan fingerprint density at radius 1 is 1.10 bits per heavy atom. The third-order valence-electron chi connectivity index (χ3n) is 3.73. The minimum absolute atomic E-state index is 0.216. The van der Waals surface area contributed by atoms with Gasteiger partial charge in [-0.3, -0.25) is 4.68 Å². The summed E-state index contributed by atoms with van der Waals surface area (Å²) < 4.78 is 1.90. The van der Waals surface area contributed by atoms with Gasteiger partial charge in [-0.2, -0.15) is 5.10 Å². The molecule has 0 fully saturated rings. The molecule has 0 saturated carbocycles. The standard InChI is InChI=1S/C17H18ClN3/c1-11(2)21-17(15(18)10-20-21)16(19)14-9-5-7-12-6-3-4-8-13(12)14/h3-11,16H,19H2,1-2H3. The molecule has 3 rings (SSSR count). The summed E-state index contributed by atoms with van der Waals surface area (Å²) in [6.07, 6.45) is 1.67. The molecule has 0 aliphatic heterocycles. The summed E-state index contributed by atoms with van der Waals surface area (Å²) >= 11 is 6.32. The van der Waals surface area contributed by atoms with E-state index in [0.717, 1.165) is 16.6 Å². The molecular formula is C17H18ClN3. The van der Waals surface area contributed by atoms with Crippen molar-refractivity contribution in [2.75, 3.05) is 0 Å². The minimum Gasteiger partial charge on any atom is -0.319 e. The van der Waals surface area contributed by atoms with Crippen LogP contribution in [0.25, 0.3) is 10.8 Å². The van der Waals surface area contributed by atoms with Gasteiger partial charge in [0.05, 0.1) is 23.0 Å². The molecule has 3 nitrogen and oxygen atoms in total. The Labute approximate surface area is 129 Å². The number of nitrogens with zero attached hydrogens (tertiary/aromatic N) is 2. The number of aromatic nitrogens is 2. The first-order valence-electron chi connectivity index (χ1n) is 7.05. The molecule has 0 aliphatic carbocycles. The molecule has 1 unspecified atom stereocenters. The Morgan fingerprint density at radius 2 is 1.81 bits per heavy atom. The highest BCUT2D eigenvalue weighted by Gasteiger charge is 2.21. The van der Waals surface area contributed by atoms with Crippen molar-refractivity contribution < 1.29 is 0 Å². The summed E-state index contributed by atoms with van der Waals surface area (Å²) in [5.41, 5.74) is 8.45. The molecule has 3 aromatic rings. The van der Waals surface area contributed by atoms with Gasteiger partial charge in [0.15, 0.2) is 0 Å². The van der Waals surface area contributed by atoms with Crippen molar-refractivity contribution in [1.29, 1.82) is 0 Å². The van der Waals surface area contributed by atoms with Crippen LogP contribution in [0.1, 0.15) is 37.2 Å². The number of benzene rings is 2. The Bertz CT molecular complexity index is 771. The second-order valence-electron chi connectivity index (χ2n) is 5.46. The third-order valence-corrected chi connectivity index (χ3v) is 4.02. The molecular weight excluding hydrogens is 282 g/mol. The lowest BCUT2D eigenvalue weighted by molar-refractivity contribution is 0.500. The molecule has 1 atom stereocenters. The molecule has 1 aromatic heterocycles. The number of hydrogen-bond donors (Lipinski definition) is 1. The predicted molar refractivity (Wildman–Crippen MR) is 87.6 cm³/mol. The molecule has 108 valence electrons. The first-order valence-corrected chi connectivity index (χ1v) is 7.43. The molecule has 0 bridgehead atoms. The van der Waals surface area contributed by atoms with Crippen molar-refractivity contribution in [2.24, 2.45) is 5.73 Å². The van der Waals surface area contributed by atoms with E-state index in [0.29, 0.717) is 5.02 Å². The van der Waals surface area contributed by atoms with Crippen LogP contribution in [-0.2, 0) is 0 Å². The Hall–Kier alpha value is -1.84. The summed E-state index contributed by atoms with van der Waals surface area (Å²) in [7, 11) is 0. The van der Waals surface area contributed by atoms with Gasteiger partial charge in [0.1, 0.15) is 0 Å². The van der Waals surface area contributed by atoms with Crippen LogP contribution in [0.3, 0.4) is 0 Å². The quantitative estimate of drug-likeness (QED) is 0.783. The maximum absolute atomic E-state index is 6.52. The topological polar surface area (TPSA) is 43.8 Å². The highest BCUT2D eigenvalue weighted by molar-refractivity contribution is 6.31. The Kier molecular flexibility index (Phi) is 3.70. The fourth-order valence-electron chi connectivity index (χ4n) is 2.72. The van der Waals surface area contributed by atoms with E-state index < -0.39 is 0 Å². The zero-order valence-corrected chi connectivity index (χ0v) is 12.9. The van der Waals surface area contributed by atoms with Crippen molar-refractivity contribution in [3.05, 3.63) is 64.9 Å². The highest BCUT2D eigenvalue weighted by atomic mass is 35.5. The van der Waals surface area contributed by atoms with E-state index in [1.807, 2.05) is 22.9 Å². The number of hydrogen-bond acceptors (Lipinski definition) is 2. The van der Waals surface area contributed by atoms with Crippen molar-refractivity contribution in [3.63, 3.8) is 0 Å². The van der Waals surface area contributed by atoms with E-state index in [1.54, 1.807) is 6.20 Å². The maximum Gasteiger partial charge on any atom is 0.0837 e. The predicted octanol–water partition coefficient (Wildman–Crippen LogP) is 4.32. The second kappa shape index (κ2) is 5.51. The Balaban J connectivity index is 2.17. The van der Waals surface area contributed by atoms with Crippen molar-refractivity contribution >= 4 is 22.4 Å². The summed E-state index contributed by atoms with van der Waals surface area (Å²) in [4.78, 5) is 0. The fraction of sp³-hybridized carbons (Fsp3) is 0.235. The van der Waals surface area contributed by atoms with Gasteiger partial charge in [0.25, 0.3) is 0 Å². The molecule has 2 N–H and O–H groups in total. The average molecular weight is 300 g/mol. The maximum atomic E-state index is 6.52. The van der Waals surface area contributed by atoms with Gasteiger partial charge in [-0.25, -0.2) is 0 Å². The van der Waals surface area contributed by atoms with Crippen LogP contribution in [0, 0.1) is 0 Å². The van der Waals surface area contributed by atoms with Gasteiger partial charge in [0, 0.05) is 6.04 Å². The molecule has 0 saturated heterocycles. The minimum atomic E-state index is -0.298. The van der Waals surface area contributed by atoms with Gasteiger partial charge in [-0.1, -0.05) is 54.1 Å². The number of fused-ring (bicyclic) bond motifs is 1.